The van der Waals surface area contributed by atoms with E-state index in [0.29, 0.717) is 11.5 Å². The highest BCUT2D eigenvalue weighted by atomic mass is 19.1. The van der Waals surface area contributed by atoms with Crippen molar-refractivity contribution in [3.8, 4) is 17.6 Å². The van der Waals surface area contributed by atoms with Gasteiger partial charge >= 0.3 is 5.97 Å². The molecule has 0 amide bonds. The van der Waals surface area contributed by atoms with E-state index in [4.69, 9.17) is 19.5 Å². The van der Waals surface area contributed by atoms with Crippen molar-refractivity contribution in [2.75, 3.05) is 13.7 Å². The number of hydrogen-bond acceptors (Lipinski definition) is 5. The van der Waals surface area contributed by atoms with Crippen molar-refractivity contribution in [3.63, 3.8) is 0 Å². The predicted octanol–water partition coefficient (Wildman–Crippen LogP) is 3.22. The molecule has 0 aromatic heterocycles. The molecule has 2 aromatic rings. The summed E-state index contributed by atoms with van der Waals surface area (Å²) in [4.78, 5) is 11.6. The first-order chi connectivity index (χ1) is 11.6. The maximum atomic E-state index is 13.6. The van der Waals surface area contributed by atoms with Crippen LogP contribution in [0.4, 0.5) is 4.39 Å². The lowest BCUT2D eigenvalue weighted by Crippen LogP contribution is -2.10. The average Bonchev–Trinajstić information content (AvgIpc) is 2.61. The summed E-state index contributed by atoms with van der Waals surface area (Å²) in [6.07, 6.45) is 0.0456. The second-order valence-corrected chi connectivity index (χ2v) is 4.85. The van der Waals surface area contributed by atoms with Gasteiger partial charge in [-0.1, -0.05) is 6.07 Å². The number of ether oxygens (including phenoxy) is 3. The van der Waals surface area contributed by atoms with E-state index >= 15 is 0 Å². The summed E-state index contributed by atoms with van der Waals surface area (Å²) < 4.78 is 29.1. The number of nitriles is 1. The number of hydrogen-bond donors (Lipinski definition) is 0. The third-order valence-corrected chi connectivity index (χ3v) is 3.21. The number of carbonyl (C=O) groups excluding carboxylic acids is 1. The Kier molecular flexibility index (Phi) is 6.15. The van der Waals surface area contributed by atoms with Crippen LogP contribution in [0.2, 0.25) is 0 Å². The number of nitrogens with zero attached hydrogens (tertiary/aromatic N) is 1. The summed E-state index contributed by atoms with van der Waals surface area (Å²) in [7, 11) is 1.57. The van der Waals surface area contributed by atoms with Gasteiger partial charge in [-0.3, -0.25) is 4.79 Å². The van der Waals surface area contributed by atoms with Crippen LogP contribution in [0.25, 0.3) is 0 Å². The van der Waals surface area contributed by atoms with Crippen LogP contribution in [0, 0.1) is 17.1 Å². The molecule has 24 heavy (non-hydrogen) atoms. The smallest absolute Gasteiger partial charge is 0.309 e. The lowest BCUT2D eigenvalue weighted by molar-refractivity contribution is -0.145. The first-order valence-corrected chi connectivity index (χ1v) is 7.23. The van der Waals surface area contributed by atoms with Gasteiger partial charge in [-0.05, 0) is 36.4 Å². The zero-order chi connectivity index (χ0) is 17.4. The summed E-state index contributed by atoms with van der Waals surface area (Å²) in [5, 5.41) is 8.67. The summed E-state index contributed by atoms with van der Waals surface area (Å²) in [6, 6.07) is 12.8. The van der Waals surface area contributed by atoms with Crippen LogP contribution in [-0.4, -0.2) is 19.7 Å². The molecule has 0 atom stereocenters. The minimum Gasteiger partial charge on any atom is -0.497 e. The van der Waals surface area contributed by atoms with E-state index in [2.05, 4.69) is 0 Å². The Balaban J connectivity index is 1.74. The van der Waals surface area contributed by atoms with Gasteiger partial charge in [0, 0.05) is 5.56 Å². The van der Waals surface area contributed by atoms with Crippen molar-refractivity contribution < 1.29 is 23.4 Å². The first-order valence-electron chi connectivity index (χ1n) is 7.23. The molecular weight excluding hydrogens is 313 g/mol. The van der Waals surface area contributed by atoms with E-state index in [9.17, 15) is 9.18 Å². The second kappa shape index (κ2) is 8.53. The van der Waals surface area contributed by atoms with Gasteiger partial charge in [-0.15, -0.1) is 0 Å². The molecule has 0 bridgehead atoms. The molecule has 0 aliphatic carbocycles. The van der Waals surface area contributed by atoms with Crippen molar-refractivity contribution in [3.05, 3.63) is 59.4 Å². The van der Waals surface area contributed by atoms with Crippen molar-refractivity contribution >= 4 is 5.97 Å². The van der Waals surface area contributed by atoms with E-state index in [1.54, 1.807) is 31.4 Å². The van der Waals surface area contributed by atoms with Gasteiger partial charge in [0.2, 0.25) is 0 Å². The minimum absolute atomic E-state index is 0.0456. The fourth-order valence-electron chi connectivity index (χ4n) is 1.89. The molecule has 5 nitrogen and oxygen atoms in total. The molecule has 0 saturated carbocycles. The Morgan fingerprint density at radius 3 is 2.50 bits per heavy atom. The van der Waals surface area contributed by atoms with Gasteiger partial charge in [0.05, 0.1) is 31.8 Å². The molecule has 0 radical (unpaired) electrons. The standard InChI is InChI=1S/C18H16FNO4/c1-22-15-4-6-16(7-5-15)23-9-8-18(21)24-12-14-3-2-13(11-20)10-17(14)19/h2-7,10H,8-9,12H2,1H3. The Morgan fingerprint density at radius 2 is 1.88 bits per heavy atom. The third kappa shape index (κ3) is 4.99. The van der Waals surface area contributed by atoms with Gasteiger partial charge in [0.25, 0.3) is 0 Å². The molecule has 0 aliphatic rings. The van der Waals surface area contributed by atoms with Crippen LogP contribution in [0.5, 0.6) is 11.5 Å². The highest BCUT2D eigenvalue weighted by Gasteiger charge is 2.08. The van der Waals surface area contributed by atoms with Gasteiger partial charge in [-0.25, -0.2) is 4.39 Å². The number of methoxy groups -OCH3 is 1. The summed E-state index contributed by atoms with van der Waals surface area (Å²) >= 11 is 0. The highest BCUT2D eigenvalue weighted by Crippen LogP contribution is 2.17. The predicted molar refractivity (Wildman–Crippen MR) is 84.0 cm³/mol. The Morgan fingerprint density at radius 1 is 1.17 bits per heavy atom. The monoisotopic (exact) mass is 329 g/mol. The van der Waals surface area contributed by atoms with E-state index in [1.807, 2.05) is 6.07 Å². The van der Waals surface area contributed by atoms with E-state index < -0.39 is 11.8 Å². The summed E-state index contributed by atoms with van der Waals surface area (Å²) in [6.45, 7) is -0.0279. The molecule has 0 unspecified atom stereocenters. The number of halogens is 1. The molecule has 6 heteroatoms. The Bertz CT molecular complexity index is 738. The maximum Gasteiger partial charge on any atom is 0.309 e. The van der Waals surface area contributed by atoms with Gasteiger partial charge < -0.3 is 14.2 Å². The van der Waals surface area contributed by atoms with E-state index in [1.165, 1.54) is 12.1 Å². The number of esters is 1. The maximum absolute atomic E-state index is 13.6. The van der Waals surface area contributed by atoms with Crippen LogP contribution >= 0.6 is 0 Å². The zero-order valence-corrected chi connectivity index (χ0v) is 13.1. The zero-order valence-electron chi connectivity index (χ0n) is 13.1. The topological polar surface area (TPSA) is 68.6 Å². The van der Waals surface area contributed by atoms with Crippen LogP contribution in [0.3, 0.4) is 0 Å². The highest BCUT2D eigenvalue weighted by molar-refractivity contribution is 5.69. The van der Waals surface area contributed by atoms with Crippen LogP contribution in [0.15, 0.2) is 42.5 Å². The largest absolute Gasteiger partial charge is 0.497 e. The molecule has 0 heterocycles. The third-order valence-electron chi connectivity index (χ3n) is 3.21. The van der Waals surface area contributed by atoms with Gasteiger partial charge in [0.1, 0.15) is 23.9 Å². The molecule has 2 rings (SSSR count). The van der Waals surface area contributed by atoms with Crippen molar-refractivity contribution in [1.29, 1.82) is 5.26 Å². The van der Waals surface area contributed by atoms with E-state index in [0.717, 1.165) is 6.07 Å². The summed E-state index contributed by atoms with van der Waals surface area (Å²) in [5.41, 5.74) is 0.439. The second-order valence-electron chi connectivity index (χ2n) is 4.85. The fraction of sp³-hybridized carbons (Fsp3) is 0.222. The Hall–Kier alpha value is -3.07. The van der Waals surface area contributed by atoms with Gasteiger partial charge in [-0.2, -0.15) is 5.26 Å². The molecule has 0 N–H and O–H groups in total. The molecule has 2 aromatic carbocycles. The normalized spacial score (nSPS) is 9.88. The van der Waals surface area contributed by atoms with Crippen LogP contribution in [0.1, 0.15) is 17.5 Å². The molecule has 0 fully saturated rings. The van der Waals surface area contributed by atoms with Crippen molar-refractivity contribution in [2.45, 2.75) is 13.0 Å². The van der Waals surface area contributed by atoms with Gasteiger partial charge in [0.15, 0.2) is 0 Å². The molecule has 0 saturated heterocycles. The first kappa shape index (κ1) is 17.3. The quantitative estimate of drug-likeness (QED) is 0.730. The number of carbonyl (C=O) groups is 1. The molecular formula is C18H16FNO4. The SMILES string of the molecule is COc1ccc(OCCC(=O)OCc2ccc(C#N)cc2F)cc1. The average molecular weight is 329 g/mol. The fourth-order valence-corrected chi connectivity index (χ4v) is 1.89. The van der Waals surface area contributed by atoms with Crippen molar-refractivity contribution in [1.82, 2.24) is 0 Å². The molecule has 124 valence electrons. The number of benzene rings is 2. The Labute approximate surface area is 139 Å². The minimum atomic E-state index is -0.573. The summed E-state index contributed by atoms with van der Waals surface area (Å²) in [5.74, 6) is 0.261. The van der Waals surface area contributed by atoms with Crippen LogP contribution in [-0.2, 0) is 16.1 Å². The van der Waals surface area contributed by atoms with E-state index in [-0.39, 0.29) is 30.8 Å². The lowest BCUT2D eigenvalue weighted by Gasteiger charge is -2.08. The van der Waals surface area contributed by atoms with Crippen LogP contribution < -0.4 is 9.47 Å². The lowest BCUT2D eigenvalue weighted by atomic mass is 10.1. The molecule has 0 spiro atoms. The number of rotatable bonds is 7. The molecule has 0 aliphatic heterocycles. The van der Waals surface area contributed by atoms with Crippen molar-refractivity contribution in [2.24, 2.45) is 0 Å².